The number of nitrogens with one attached hydrogen (secondary N) is 1. The summed E-state index contributed by atoms with van der Waals surface area (Å²) < 4.78 is 26.5. The Morgan fingerprint density at radius 2 is 2.08 bits per heavy atom. The highest BCUT2D eigenvalue weighted by molar-refractivity contribution is 6.31. The van der Waals surface area contributed by atoms with Gasteiger partial charge in [0.1, 0.15) is 17.4 Å². The molecule has 0 fully saturated rings. The summed E-state index contributed by atoms with van der Waals surface area (Å²) in [4.78, 5) is 22.6. The molecule has 0 radical (unpaired) electrons. The van der Waals surface area contributed by atoms with Gasteiger partial charge < -0.3 is 5.32 Å². The van der Waals surface area contributed by atoms with Gasteiger partial charge in [-0.2, -0.15) is 5.10 Å². The van der Waals surface area contributed by atoms with Crippen LogP contribution in [0.3, 0.4) is 0 Å². The minimum atomic E-state index is -2.75. The van der Waals surface area contributed by atoms with E-state index in [2.05, 4.69) is 10.4 Å². The number of anilines is 1. The average Bonchev–Trinajstić information content (AvgIpc) is 2.90. The zero-order valence-corrected chi connectivity index (χ0v) is 13.4. The van der Waals surface area contributed by atoms with Crippen molar-refractivity contribution in [3.8, 4) is 0 Å². The van der Waals surface area contributed by atoms with Gasteiger partial charge in [-0.05, 0) is 32.0 Å². The number of hydrogen-bond donors (Lipinski definition) is 1. The van der Waals surface area contributed by atoms with Gasteiger partial charge >= 0.3 is 0 Å². The predicted molar refractivity (Wildman–Crippen MR) is 83.4 cm³/mol. The highest BCUT2D eigenvalue weighted by Gasteiger charge is 2.24. The van der Waals surface area contributed by atoms with Crippen molar-refractivity contribution in [2.24, 2.45) is 0 Å². The van der Waals surface area contributed by atoms with E-state index in [9.17, 15) is 23.7 Å². The fourth-order valence-corrected chi connectivity index (χ4v) is 2.29. The first-order valence-corrected chi connectivity index (χ1v) is 7.17. The number of nitro groups is 1. The van der Waals surface area contributed by atoms with Crippen LogP contribution in [0.1, 0.15) is 30.8 Å². The second-order valence-electron chi connectivity index (χ2n) is 5.04. The standard InChI is InChI=1S/C14H13ClF2N4O3/c1-7-5-11(13(16)17)19-20(7)8(2)14(22)18-10-4-3-9(15)6-12(10)21(23)24/h3-6,8,13H,1-2H3,(H,18,22). The first-order chi connectivity index (χ1) is 11.2. The molecule has 1 atom stereocenters. The molecular weight excluding hydrogens is 346 g/mol. The number of aromatic nitrogens is 2. The van der Waals surface area contributed by atoms with E-state index in [1.165, 1.54) is 32.0 Å². The molecule has 2 rings (SSSR count). The molecule has 1 aromatic carbocycles. The van der Waals surface area contributed by atoms with Crippen LogP contribution < -0.4 is 5.32 Å². The van der Waals surface area contributed by atoms with Gasteiger partial charge in [-0.15, -0.1) is 0 Å². The molecule has 24 heavy (non-hydrogen) atoms. The largest absolute Gasteiger partial charge is 0.319 e. The van der Waals surface area contributed by atoms with Crippen LogP contribution in [0.15, 0.2) is 24.3 Å². The van der Waals surface area contributed by atoms with Crippen LogP contribution in [-0.4, -0.2) is 20.6 Å². The van der Waals surface area contributed by atoms with Crippen LogP contribution in [0.2, 0.25) is 5.02 Å². The SMILES string of the molecule is Cc1cc(C(F)F)nn1C(C)C(=O)Nc1ccc(Cl)cc1[N+](=O)[O-]. The number of carbonyl (C=O) groups is 1. The van der Waals surface area contributed by atoms with E-state index >= 15 is 0 Å². The molecule has 0 spiro atoms. The number of halogens is 3. The first kappa shape index (κ1) is 17.8. The van der Waals surface area contributed by atoms with Crippen LogP contribution in [0.5, 0.6) is 0 Å². The Morgan fingerprint density at radius 1 is 1.42 bits per heavy atom. The number of rotatable bonds is 5. The Morgan fingerprint density at radius 3 is 2.62 bits per heavy atom. The van der Waals surface area contributed by atoms with Gasteiger partial charge in [-0.25, -0.2) is 8.78 Å². The van der Waals surface area contributed by atoms with Crippen molar-refractivity contribution >= 4 is 28.9 Å². The highest BCUT2D eigenvalue weighted by atomic mass is 35.5. The number of nitro benzene ring substituents is 1. The number of alkyl halides is 2. The summed E-state index contributed by atoms with van der Waals surface area (Å²) in [6.07, 6.45) is -2.75. The summed E-state index contributed by atoms with van der Waals surface area (Å²) in [6.45, 7) is 2.99. The topological polar surface area (TPSA) is 90.1 Å². The number of benzene rings is 1. The van der Waals surface area contributed by atoms with Gasteiger partial charge in [0.15, 0.2) is 0 Å². The van der Waals surface area contributed by atoms with E-state index in [0.717, 1.165) is 10.7 Å². The summed E-state index contributed by atoms with van der Waals surface area (Å²) in [5.41, 5.74) is -0.475. The molecule has 0 aliphatic rings. The lowest BCUT2D eigenvalue weighted by atomic mass is 10.2. The smallest absolute Gasteiger partial charge is 0.294 e. The Bertz CT molecular complexity index is 794. The molecule has 0 saturated carbocycles. The molecule has 1 aromatic heterocycles. The minimum absolute atomic E-state index is 0.0415. The molecule has 1 heterocycles. The first-order valence-electron chi connectivity index (χ1n) is 6.79. The third-order valence-electron chi connectivity index (χ3n) is 3.33. The van der Waals surface area contributed by atoms with E-state index in [1.54, 1.807) is 0 Å². The number of amides is 1. The maximum Gasteiger partial charge on any atom is 0.294 e. The monoisotopic (exact) mass is 358 g/mol. The molecule has 0 bridgehead atoms. The van der Waals surface area contributed by atoms with Crippen molar-refractivity contribution in [3.63, 3.8) is 0 Å². The lowest BCUT2D eigenvalue weighted by Gasteiger charge is -2.14. The average molecular weight is 359 g/mol. The number of hydrogen-bond acceptors (Lipinski definition) is 4. The second kappa shape index (κ2) is 6.91. The predicted octanol–water partition coefficient (Wildman–Crippen LogP) is 3.89. The Kier molecular flexibility index (Phi) is 5.13. The van der Waals surface area contributed by atoms with E-state index in [4.69, 9.17) is 11.6 Å². The van der Waals surface area contributed by atoms with Gasteiger partial charge in [-0.1, -0.05) is 11.6 Å². The second-order valence-corrected chi connectivity index (χ2v) is 5.48. The zero-order chi connectivity index (χ0) is 18.0. The van der Waals surface area contributed by atoms with Crippen molar-refractivity contribution in [1.29, 1.82) is 0 Å². The Labute approximate surface area is 140 Å². The van der Waals surface area contributed by atoms with Crippen molar-refractivity contribution in [3.05, 3.63) is 50.8 Å². The maximum absolute atomic E-state index is 12.7. The molecule has 2 aromatic rings. The lowest BCUT2D eigenvalue weighted by molar-refractivity contribution is -0.383. The molecule has 0 aliphatic carbocycles. The van der Waals surface area contributed by atoms with Crippen LogP contribution in [-0.2, 0) is 4.79 Å². The molecule has 128 valence electrons. The summed E-state index contributed by atoms with van der Waals surface area (Å²) in [6, 6.07) is 4.04. The molecule has 1 N–H and O–H groups in total. The minimum Gasteiger partial charge on any atom is -0.319 e. The molecule has 7 nitrogen and oxygen atoms in total. The molecule has 0 saturated heterocycles. The third-order valence-corrected chi connectivity index (χ3v) is 3.56. The van der Waals surface area contributed by atoms with E-state index in [-0.39, 0.29) is 16.4 Å². The zero-order valence-electron chi connectivity index (χ0n) is 12.7. The summed E-state index contributed by atoms with van der Waals surface area (Å²) in [5, 5.41) is 17.3. The number of carbonyl (C=O) groups excluding carboxylic acids is 1. The van der Waals surface area contributed by atoms with Gasteiger partial charge in [0.25, 0.3) is 12.1 Å². The molecular formula is C14H13ClF2N4O3. The fraction of sp³-hybridized carbons (Fsp3) is 0.286. The summed E-state index contributed by atoms with van der Waals surface area (Å²) in [5.74, 6) is -0.632. The normalized spacial score (nSPS) is 12.2. The maximum atomic E-state index is 12.7. The highest BCUT2D eigenvalue weighted by Crippen LogP contribution is 2.28. The molecule has 0 aliphatic heterocycles. The van der Waals surface area contributed by atoms with Gasteiger partial charge in [0.05, 0.1) is 4.92 Å². The van der Waals surface area contributed by atoms with Crippen LogP contribution in [0.25, 0.3) is 0 Å². The van der Waals surface area contributed by atoms with Crippen molar-refractivity contribution < 1.29 is 18.5 Å². The summed E-state index contributed by atoms with van der Waals surface area (Å²) >= 11 is 5.71. The van der Waals surface area contributed by atoms with Crippen LogP contribution >= 0.6 is 11.6 Å². The fourth-order valence-electron chi connectivity index (χ4n) is 2.12. The summed E-state index contributed by atoms with van der Waals surface area (Å²) in [7, 11) is 0. The molecule has 10 heteroatoms. The lowest BCUT2D eigenvalue weighted by Crippen LogP contribution is -2.25. The van der Waals surface area contributed by atoms with Gasteiger partial charge in [0, 0.05) is 16.8 Å². The van der Waals surface area contributed by atoms with E-state index in [1.807, 2.05) is 0 Å². The third kappa shape index (κ3) is 3.67. The van der Waals surface area contributed by atoms with Crippen molar-refractivity contribution in [2.75, 3.05) is 5.32 Å². The Hall–Kier alpha value is -2.55. The van der Waals surface area contributed by atoms with Crippen LogP contribution in [0, 0.1) is 17.0 Å². The van der Waals surface area contributed by atoms with Crippen LogP contribution in [0.4, 0.5) is 20.2 Å². The quantitative estimate of drug-likeness (QED) is 0.648. The van der Waals surface area contributed by atoms with Gasteiger partial charge in [0.2, 0.25) is 5.91 Å². The van der Waals surface area contributed by atoms with E-state index in [0.29, 0.717) is 5.69 Å². The number of aryl methyl sites for hydroxylation is 1. The number of nitrogens with zero attached hydrogens (tertiary/aromatic N) is 3. The van der Waals surface area contributed by atoms with E-state index < -0.39 is 29.0 Å². The van der Waals surface area contributed by atoms with Crippen molar-refractivity contribution in [1.82, 2.24) is 9.78 Å². The molecule has 1 unspecified atom stereocenters. The van der Waals surface area contributed by atoms with Gasteiger partial charge in [-0.3, -0.25) is 19.6 Å². The molecule has 1 amide bonds. The van der Waals surface area contributed by atoms with Crippen molar-refractivity contribution in [2.45, 2.75) is 26.3 Å². The Balaban J connectivity index is 2.25.